The Kier molecular flexibility index (Phi) is 4.75. The van der Waals surface area contributed by atoms with Crippen LogP contribution in [0.15, 0.2) is 24.4 Å². The van der Waals surface area contributed by atoms with Gasteiger partial charge in [-0.3, -0.25) is 14.3 Å². The summed E-state index contributed by atoms with van der Waals surface area (Å²) in [6, 6.07) is 5.25. The van der Waals surface area contributed by atoms with Gasteiger partial charge in [0.2, 0.25) is 5.91 Å². The molecule has 0 aliphatic carbocycles. The number of nitrogens with zero attached hydrogens (tertiary/aromatic N) is 2. The van der Waals surface area contributed by atoms with E-state index in [9.17, 15) is 9.59 Å². The fraction of sp³-hybridized carbons (Fsp3) is 0.250. The molecule has 0 aliphatic rings. The van der Waals surface area contributed by atoms with E-state index >= 15 is 0 Å². The zero-order valence-electron chi connectivity index (χ0n) is 10.4. The second kappa shape index (κ2) is 6.53. The van der Waals surface area contributed by atoms with Crippen molar-refractivity contribution in [3.05, 3.63) is 33.6 Å². The predicted octanol–water partition coefficient (Wildman–Crippen LogP) is 2.25. The van der Waals surface area contributed by atoms with Crippen LogP contribution in [0.5, 0.6) is 0 Å². The molecule has 2 heterocycles. The zero-order valence-corrected chi connectivity index (χ0v) is 11.9. The molecule has 2 aromatic rings. The van der Waals surface area contributed by atoms with Crippen molar-refractivity contribution in [3.63, 3.8) is 0 Å². The second-order valence-corrected chi connectivity index (χ2v) is 5.85. The maximum atomic E-state index is 11.7. The molecule has 0 radical (unpaired) electrons. The standard InChI is InChI=1S/C12H12ClN3O3S/c13-9-3-1-8(20-9)2-4-11(17)14-10-5-6-16(15-10)7-12(18)19/h1,3,5-6H,2,4,7H2,(H,18,19)(H,14,15,17). The van der Waals surface area contributed by atoms with Crippen LogP contribution in [-0.2, 0) is 22.6 Å². The Morgan fingerprint density at radius 2 is 2.20 bits per heavy atom. The first-order valence-corrected chi connectivity index (χ1v) is 7.01. The molecule has 8 heteroatoms. The number of carboxylic acids is 1. The molecular formula is C12H12ClN3O3S. The molecule has 20 heavy (non-hydrogen) atoms. The van der Waals surface area contributed by atoms with E-state index in [1.165, 1.54) is 22.2 Å². The van der Waals surface area contributed by atoms with Crippen LogP contribution in [0.2, 0.25) is 4.34 Å². The highest BCUT2D eigenvalue weighted by Gasteiger charge is 2.08. The minimum absolute atomic E-state index is 0.171. The number of hydrogen-bond donors (Lipinski definition) is 2. The number of anilines is 1. The fourth-order valence-electron chi connectivity index (χ4n) is 1.58. The Labute approximate surface area is 124 Å². The van der Waals surface area contributed by atoms with Gasteiger partial charge in [-0.25, -0.2) is 0 Å². The highest BCUT2D eigenvalue weighted by atomic mass is 35.5. The van der Waals surface area contributed by atoms with Gasteiger partial charge in [0.15, 0.2) is 5.82 Å². The molecule has 2 aromatic heterocycles. The van der Waals surface area contributed by atoms with Crippen molar-refractivity contribution in [2.45, 2.75) is 19.4 Å². The average molecular weight is 314 g/mol. The third-order valence-electron chi connectivity index (χ3n) is 2.43. The van der Waals surface area contributed by atoms with Gasteiger partial charge in [0.05, 0.1) is 4.34 Å². The molecule has 0 saturated carbocycles. The van der Waals surface area contributed by atoms with Crippen LogP contribution < -0.4 is 5.32 Å². The summed E-state index contributed by atoms with van der Waals surface area (Å²) in [6.45, 7) is -0.233. The van der Waals surface area contributed by atoms with Crippen molar-refractivity contribution in [1.29, 1.82) is 0 Å². The van der Waals surface area contributed by atoms with Crippen LogP contribution in [0.25, 0.3) is 0 Å². The van der Waals surface area contributed by atoms with Crippen molar-refractivity contribution in [1.82, 2.24) is 9.78 Å². The van der Waals surface area contributed by atoms with Crippen LogP contribution in [0.4, 0.5) is 5.82 Å². The summed E-state index contributed by atoms with van der Waals surface area (Å²) in [5.74, 6) is -0.809. The van der Waals surface area contributed by atoms with E-state index in [-0.39, 0.29) is 12.5 Å². The minimum Gasteiger partial charge on any atom is -0.480 e. The molecule has 1 amide bonds. The lowest BCUT2D eigenvalue weighted by molar-refractivity contribution is -0.137. The van der Waals surface area contributed by atoms with Gasteiger partial charge in [-0.15, -0.1) is 11.3 Å². The van der Waals surface area contributed by atoms with Gasteiger partial charge in [-0.05, 0) is 18.6 Å². The zero-order chi connectivity index (χ0) is 14.5. The average Bonchev–Trinajstić information content (AvgIpc) is 2.95. The van der Waals surface area contributed by atoms with E-state index in [4.69, 9.17) is 16.7 Å². The number of amides is 1. The predicted molar refractivity (Wildman–Crippen MR) is 76.1 cm³/mol. The van der Waals surface area contributed by atoms with Gasteiger partial charge in [0.25, 0.3) is 0 Å². The third kappa shape index (κ3) is 4.36. The summed E-state index contributed by atoms with van der Waals surface area (Å²) in [7, 11) is 0. The first-order valence-electron chi connectivity index (χ1n) is 5.82. The summed E-state index contributed by atoms with van der Waals surface area (Å²) >= 11 is 7.25. The lowest BCUT2D eigenvalue weighted by Crippen LogP contribution is -2.14. The Bertz CT molecular complexity index is 623. The van der Waals surface area contributed by atoms with Crippen LogP contribution in [0.1, 0.15) is 11.3 Å². The summed E-state index contributed by atoms with van der Waals surface area (Å²) in [4.78, 5) is 23.3. The molecule has 0 aliphatic heterocycles. The molecule has 6 nitrogen and oxygen atoms in total. The minimum atomic E-state index is -0.986. The SMILES string of the molecule is O=C(O)Cn1ccc(NC(=O)CCc2ccc(Cl)s2)n1. The lowest BCUT2D eigenvalue weighted by Gasteiger charge is -2.01. The van der Waals surface area contributed by atoms with Gasteiger partial charge in [0.1, 0.15) is 6.54 Å². The molecule has 0 fully saturated rings. The molecule has 0 spiro atoms. The largest absolute Gasteiger partial charge is 0.480 e. The van der Waals surface area contributed by atoms with E-state index in [0.717, 1.165) is 4.88 Å². The monoisotopic (exact) mass is 313 g/mol. The Morgan fingerprint density at radius 3 is 2.85 bits per heavy atom. The van der Waals surface area contributed by atoms with Crippen LogP contribution in [-0.4, -0.2) is 26.8 Å². The lowest BCUT2D eigenvalue weighted by atomic mass is 10.2. The number of carbonyl (C=O) groups excluding carboxylic acids is 1. The molecule has 0 saturated heterocycles. The first kappa shape index (κ1) is 14.5. The summed E-state index contributed by atoms with van der Waals surface area (Å²) in [5, 5.41) is 15.2. The Morgan fingerprint density at radius 1 is 1.40 bits per heavy atom. The number of aliphatic carboxylic acids is 1. The number of halogens is 1. The van der Waals surface area contributed by atoms with Crippen molar-refractivity contribution in [2.75, 3.05) is 5.32 Å². The van der Waals surface area contributed by atoms with Crippen molar-refractivity contribution >= 4 is 40.6 Å². The Hall–Kier alpha value is -1.86. The van der Waals surface area contributed by atoms with Gasteiger partial charge in [0, 0.05) is 23.6 Å². The maximum absolute atomic E-state index is 11.7. The molecule has 0 aromatic carbocycles. The second-order valence-electron chi connectivity index (χ2n) is 4.05. The normalized spacial score (nSPS) is 10.4. The fourth-order valence-corrected chi connectivity index (χ4v) is 2.67. The van der Waals surface area contributed by atoms with E-state index in [0.29, 0.717) is 23.0 Å². The smallest absolute Gasteiger partial charge is 0.325 e. The van der Waals surface area contributed by atoms with E-state index in [1.54, 1.807) is 12.1 Å². The summed E-state index contributed by atoms with van der Waals surface area (Å²) in [5.41, 5.74) is 0. The number of aromatic nitrogens is 2. The Balaban J connectivity index is 1.82. The number of carbonyl (C=O) groups is 2. The molecular weight excluding hydrogens is 302 g/mol. The number of rotatable bonds is 6. The number of thiophene rings is 1. The van der Waals surface area contributed by atoms with Crippen molar-refractivity contribution < 1.29 is 14.7 Å². The molecule has 0 atom stereocenters. The summed E-state index contributed by atoms with van der Waals surface area (Å²) < 4.78 is 1.95. The van der Waals surface area contributed by atoms with Gasteiger partial charge >= 0.3 is 5.97 Å². The van der Waals surface area contributed by atoms with Crippen LogP contribution in [0.3, 0.4) is 0 Å². The molecule has 0 bridgehead atoms. The maximum Gasteiger partial charge on any atom is 0.325 e. The number of hydrogen-bond acceptors (Lipinski definition) is 4. The highest BCUT2D eigenvalue weighted by Crippen LogP contribution is 2.22. The van der Waals surface area contributed by atoms with Crippen LogP contribution >= 0.6 is 22.9 Å². The van der Waals surface area contributed by atoms with Gasteiger partial charge in [-0.1, -0.05) is 11.6 Å². The van der Waals surface area contributed by atoms with Crippen molar-refractivity contribution in [2.24, 2.45) is 0 Å². The van der Waals surface area contributed by atoms with E-state index < -0.39 is 5.97 Å². The molecule has 0 unspecified atom stereocenters. The first-order chi connectivity index (χ1) is 9.52. The van der Waals surface area contributed by atoms with E-state index in [2.05, 4.69) is 10.4 Å². The molecule has 2 N–H and O–H groups in total. The molecule has 106 valence electrons. The molecule has 2 rings (SSSR count). The van der Waals surface area contributed by atoms with E-state index in [1.807, 2.05) is 6.07 Å². The highest BCUT2D eigenvalue weighted by molar-refractivity contribution is 7.16. The number of nitrogens with one attached hydrogen (secondary N) is 1. The van der Waals surface area contributed by atoms with Crippen molar-refractivity contribution in [3.8, 4) is 0 Å². The number of carboxylic acid groups (broad SMARTS) is 1. The topological polar surface area (TPSA) is 84.2 Å². The van der Waals surface area contributed by atoms with Gasteiger partial charge < -0.3 is 10.4 Å². The number of aryl methyl sites for hydroxylation is 1. The quantitative estimate of drug-likeness (QED) is 0.856. The third-order valence-corrected chi connectivity index (χ3v) is 3.72. The summed E-state index contributed by atoms with van der Waals surface area (Å²) in [6.07, 6.45) is 2.43. The van der Waals surface area contributed by atoms with Gasteiger partial charge in [-0.2, -0.15) is 5.10 Å². The van der Waals surface area contributed by atoms with Crippen LogP contribution in [0, 0.1) is 0 Å².